The van der Waals surface area contributed by atoms with Crippen molar-refractivity contribution in [1.82, 2.24) is 34.9 Å². The predicted molar refractivity (Wildman–Crippen MR) is 228 cm³/mol. The zero-order valence-electron chi connectivity index (χ0n) is 34.0. The van der Waals surface area contributed by atoms with E-state index >= 15 is 0 Å². The van der Waals surface area contributed by atoms with Crippen molar-refractivity contribution in [2.75, 3.05) is 51.1 Å². The van der Waals surface area contributed by atoms with Crippen LogP contribution in [0.25, 0.3) is 22.4 Å². The maximum absolute atomic E-state index is 13.6. The summed E-state index contributed by atoms with van der Waals surface area (Å²) in [5.41, 5.74) is 4.65. The molecule has 2 atom stereocenters. The highest BCUT2D eigenvalue weighted by Gasteiger charge is 2.41. The number of ether oxygens (including phenoxy) is 1. The lowest BCUT2D eigenvalue weighted by molar-refractivity contribution is -0.137. The molecule has 318 valence electrons. The first-order valence-electron chi connectivity index (χ1n) is 21.5. The fraction of sp³-hybridized carbons (Fsp3) is 0.435. The SMILES string of the molecule is O=C1CCC(N2Cc3c(OC4CCN(C5CCCN(CC(=O)N6CCC(Nc7ncc(Cl)c(-c8cccc(-c9ccc(F)cc9)c8)n7)CC6)C5)CC4)cccc3C2=O)C(=O)N1. The van der Waals surface area contributed by atoms with E-state index in [4.69, 9.17) is 21.3 Å². The number of likely N-dealkylation sites (tertiary alicyclic amines) is 3. The second kappa shape index (κ2) is 17.9. The van der Waals surface area contributed by atoms with Gasteiger partial charge < -0.3 is 19.9 Å². The molecule has 4 aromatic rings. The number of nitrogens with one attached hydrogen (secondary N) is 2. The van der Waals surface area contributed by atoms with Crippen LogP contribution in [-0.2, 0) is 20.9 Å². The number of halogens is 2. The molecular formula is C46H50ClFN8O5. The Bertz CT molecular complexity index is 2300. The summed E-state index contributed by atoms with van der Waals surface area (Å²) in [4.78, 5) is 68.8. The molecule has 5 aliphatic heterocycles. The van der Waals surface area contributed by atoms with Gasteiger partial charge in [0.2, 0.25) is 23.7 Å². The molecule has 5 aliphatic rings. The number of hydrogen-bond acceptors (Lipinski definition) is 10. The lowest BCUT2D eigenvalue weighted by Crippen LogP contribution is -2.54. The Labute approximate surface area is 359 Å². The zero-order valence-corrected chi connectivity index (χ0v) is 34.8. The van der Waals surface area contributed by atoms with Crippen molar-refractivity contribution in [3.8, 4) is 28.1 Å². The monoisotopic (exact) mass is 848 g/mol. The van der Waals surface area contributed by atoms with Crippen LogP contribution in [0, 0.1) is 5.82 Å². The second-order valence-electron chi connectivity index (χ2n) is 16.8. The van der Waals surface area contributed by atoms with E-state index in [2.05, 4.69) is 25.4 Å². The van der Waals surface area contributed by atoms with Crippen molar-refractivity contribution in [3.63, 3.8) is 0 Å². The summed E-state index contributed by atoms with van der Waals surface area (Å²) in [6, 6.07) is 19.6. The molecule has 2 N–H and O–H groups in total. The molecular weight excluding hydrogens is 799 g/mol. The quantitative estimate of drug-likeness (QED) is 0.189. The highest BCUT2D eigenvalue weighted by atomic mass is 35.5. The molecule has 61 heavy (non-hydrogen) atoms. The first kappa shape index (κ1) is 40.9. The minimum Gasteiger partial charge on any atom is -0.490 e. The van der Waals surface area contributed by atoms with Crippen molar-refractivity contribution >= 4 is 41.2 Å². The van der Waals surface area contributed by atoms with Gasteiger partial charge in [-0.3, -0.25) is 34.3 Å². The van der Waals surface area contributed by atoms with Crippen molar-refractivity contribution in [2.45, 2.75) is 82.1 Å². The molecule has 9 rings (SSSR count). The maximum Gasteiger partial charge on any atom is 0.255 e. The van der Waals surface area contributed by atoms with Gasteiger partial charge in [-0.1, -0.05) is 48.0 Å². The van der Waals surface area contributed by atoms with Gasteiger partial charge in [-0.25, -0.2) is 14.4 Å². The Balaban J connectivity index is 0.728. The number of amides is 4. The van der Waals surface area contributed by atoms with Crippen LogP contribution in [0.15, 0.2) is 72.9 Å². The Morgan fingerprint density at radius 1 is 0.885 bits per heavy atom. The molecule has 0 bridgehead atoms. The molecule has 0 spiro atoms. The van der Waals surface area contributed by atoms with Crippen LogP contribution < -0.4 is 15.4 Å². The van der Waals surface area contributed by atoms with E-state index in [9.17, 15) is 23.6 Å². The summed E-state index contributed by atoms with van der Waals surface area (Å²) in [5.74, 6) is 0.148. The molecule has 0 radical (unpaired) electrons. The summed E-state index contributed by atoms with van der Waals surface area (Å²) in [5, 5.41) is 6.28. The van der Waals surface area contributed by atoms with E-state index in [1.807, 2.05) is 41.3 Å². The average Bonchev–Trinajstić information content (AvgIpc) is 3.61. The average molecular weight is 849 g/mol. The zero-order chi connectivity index (χ0) is 42.0. The van der Waals surface area contributed by atoms with Crippen LogP contribution in [0.5, 0.6) is 5.75 Å². The van der Waals surface area contributed by atoms with Gasteiger partial charge in [-0.2, -0.15) is 0 Å². The van der Waals surface area contributed by atoms with Gasteiger partial charge in [0, 0.05) is 67.9 Å². The third-order valence-corrected chi connectivity index (χ3v) is 13.2. The van der Waals surface area contributed by atoms with Crippen molar-refractivity contribution < 1.29 is 28.3 Å². The largest absolute Gasteiger partial charge is 0.490 e. The van der Waals surface area contributed by atoms with Gasteiger partial charge in [-0.15, -0.1) is 0 Å². The molecule has 4 amide bonds. The van der Waals surface area contributed by atoms with Crippen LogP contribution in [0.4, 0.5) is 10.3 Å². The molecule has 0 saturated carbocycles. The Morgan fingerprint density at radius 2 is 1.66 bits per heavy atom. The number of aromatic nitrogens is 2. The maximum atomic E-state index is 13.6. The van der Waals surface area contributed by atoms with E-state index < -0.39 is 11.9 Å². The standard InChI is InChI=1S/C46H50ClFN8O5/c47-38-25-49-46(52-43(38)31-5-1-4-30(24-31)29-9-11-32(48)12-10-29)50-33-15-20-55(21-16-33)42(58)28-53-19-3-6-34(26-53)54-22-17-35(18-23-54)61-40-8-2-7-36-37(40)27-56(45(36)60)39-13-14-41(57)51-44(39)59/h1-2,4-5,7-12,24-25,33-35,39H,3,6,13-23,26-28H2,(H,49,50,52)(H,51,57,59). The lowest BCUT2D eigenvalue weighted by Gasteiger charge is -2.42. The lowest BCUT2D eigenvalue weighted by atomic mass is 9.99. The van der Waals surface area contributed by atoms with Gasteiger partial charge in [0.05, 0.1) is 30.0 Å². The van der Waals surface area contributed by atoms with Gasteiger partial charge in [0.1, 0.15) is 23.7 Å². The van der Waals surface area contributed by atoms with Crippen LogP contribution in [-0.4, -0.2) is 123 Å². The van der Waals surface area contributed by atoms with E-state index in [0.29, 0.717) is 66.6 Å². The number of anilines is 1. The van der Waals surface area contributed by atoms with Gasteiger partial charge in [0.25, 0.3) is 5.91 Å². The number of rotatable bonds is 10. The number of imide groups is 1. The molecule has 4 fully saturated rings. The highest BCUT2D eigenvalue weighted by Crippen LogP contribution is 2.36. The van der Waals surface area contributed by atoms with Gasteiger partial charge >= 0.3 is 0 Å². The molecule has 15 heteroatoms. The van der Waals surface area contributed by atoms with E-state index in [1.54, 1.807) is 29.3 Å². The van der Waals surface area contributed by atoms with Crippen LogP contribution in [0.1, 0.15) is 67.3 Å². The molecule has 2 unspecified atom stereocenters. The fourth-order valence-corrected chi connectivity index (χ4v) is 9.75. The number of piperidine rings is 4. The first-order valence-corrected chi connectivity index (χ1v) is 21.9. The minimum absolute atomic E-state index is 0.0144. The number of benzene rings is 3. The molecule has 4 saturated heterocycles. The molecule has 6 heterocycles. The second-order valence-corrected chi connectivity index (χ2v) is 17.3. The Hall–Kier alpha value is -5.44. The number of nitrogens with zero attached hydrogens (tertiary/aromatic N) is 6. The summed E-state index contributed by atoms with van der Waals surface area (Å²) < 4.78 is 20.1. The molecule has 13 nitrogen and oxygen atoms in total. The smallest absolute Gasteiger partial charge is 0.255 e. The van der Waals surface area contributed by atoms with Crippen LogP contribution in [0.3, 0.4) is 0 Å². The normalized spacial score (nSPS) is 22.0. The van der Waals surface area contributed by atoms with E-state index in [1.165, 1.54) is 12.1 Å². The summed E-state index contributed by atoms with van der Waals surface area (Å²) in [6.07, 6.45) is 7.61. The van der Waals surface area contributed by atoms with Gasteiger partial charge in [-0.05, 0) is 92.9 Å². The predicted octanol–water partition coefficient (Wildman–Crippen LogP) is 5.77. The van der Waals surface area contributed by atoms with E-state index in [0.717, 1.165) is 87.0 Å². The third kappa shape index (κ3) is 9.12. The number of hydrogen-bond donors (Lipinski definition) is 2. The summed E-state index contributed by atoms with van der Waals surface area (Å²) in [6.45, 7) is 5.61. The third-order valence-electron chi connectivity index (χ3n) is 12.9. The van der Waals surface area contributed by atoms with Crippen molar-refractivity contribution in [2.24, 2.45) is 0 Å². The first-order chi connectivity index (χ1) is 29.6. The van der Waals surface area contributed by atoms with Crippen molar-refractivity contribution in [3.05, 3.63) is 94.9 Å². The summed E-state index contributed by atoms with van der Waals surface area (Å²) in [7, 11) is 0. The Morgan fingerprint density at radius 3 is 2.44 bits per heavy atom. The van der Waals surface area contributed by atoms with Gasteiger partial charge in [0.15, 0.2) is 0 Å². The fourth-order valence-electron chi connectivity index (χ4n) is 9.55. The van der Waals surface area contributed by atoms with Crippen LogP contribution in [0.2, 0.25) is 5.02 Å². The molecule has 0 aliphatic carbocycles. The minimum atomic E-state index is -0.659. The summed E-state index contributed by atoms with van der Waals surface area (Å²) >= 11 is 6.58. The van der Waals surface area contributed by atoms with E-state index in [-0.39, 0.29) is 42.1 Å². The van der Waals surface area contributed by atoms with Crippen molar-refractivity contribution in [1.29, 1.82) is 0 Å². The number of carbonyl (C=O) groups excluding carboxylic acids is 4. The topological polar surface area (TPSA) is 140 Å². The number of fused-ring (bicyclic) bond motifs is 1. The Kier molecular flexibility index (Phi) is 12.0. The molecule has 1 aromatic heterocycles. The number of carbonyl (C=O) groups is 4. The molecule has 3 aromatic carbocycles. The van der Waals surface area contributed by atoms with Crippen LogP contribution >= 0.6 is 11.6 Å². The highest BCUT2D eigenvalue weighted by molar-refractivity contribution is 6.33.